The molecule has 0 bridgehead atoms. The molecule has 1 aliphatic carbocycles. The number of hydrogen-bond donors (Lipinski definition) is 0. The van der Waals surface area contributed by atoms with Crippen molar-refractivity contribution in [1.29, 1.82) is 0 Å². The third-order valence-electron chi connectivity index (χ3n) is 5.00. The van der Waals surface area contributed by atoms with Gasteiger partial charge in [0.2, 0.25) is 5.91 Å². The summed E-state index contributed by atoms with van der Waals surface area (Å²) in [7, 11) is 1.66. The van der Waals surface area contributed by atoms with Gasteiger partial charge in [-0.25, -0.2) is 4.98 Å². The molecule has 1 aromatic heterocycles. The largest absolute Gasteiger partial charge is 0.497 e. The standard InChI is InChI=1S/C23H24N2O2S/c1-16-3-7-18(8-4-16)23-24-19(15-28-23)13-22(26)25(20-9-10-20)14-17-5-11-21(27-2)12-6-17/h3-8,11-12,15,20H,9-10,13-14H2,1-2H3. The second-order valence-corrected chi connectivity index (χ2v) is 8.15. The van der Waals surface area contributed by atoms with Crippen molar-refractivity contribution in [2.24, 2.45) is 0 Å². The Morgan fingerprint density at radius 3 is 2.50 bits per heavy atom. The monoisotopic (exact) mass is 392 g/mol. The van der Waals surface area contributed by atoms with Crippen LogP contribution in [-0.4, -0.2) is 28.9 Å². The summed E-state index contributed by atoms with van der Waals surface area (Å²) in [4.78, 5) is 19.7. The van der Waals surface area contributed by atoms with Gasteiger partial charge in [0.1, 0.15) is 10.8 Å². The average Bonchev–Trinajstić information content (AvgIpc) is 3.45. The Morgan fingerprint density at radius 1 is 1.14 bits per heavy atom. The molecule has 1 amide bonds. The maximum atomic E-state index is 13.0. The van der Waals surface area contributed by atoms with E-state index in [1.807, 2.05) is 34.5 Å². The Kier molecular flexibility index (Phi) is 5.44. The van der Waals surface area contributed by atoms with E-state index in [-0.39, 0.29) is 5.91 Å². The van der Waals surface area contributed by atoms with Gasteiger partial charge in [-0.1, -0.05) is 42.0 Å². The molecule has 0 aliphatic heterocycles. The van der Waals surface area contributed by atoms with Gasteiger partial charge >= 0.3 is 0 Å². The summed E-state index contributed by atoms with van der Waals surface area (Å²) >= 11 is 1.60. The summed E-state index contributed by atoms with van der Waals surface area (Å²) < 4.78 is 5.22. The highest BCUT2D eigenvalue weighted by atomic mass is 32.1. The van der Waals surface area contributed by atoms with E-state index in [4.69, 9.17) is 9.72 Å². The lowest BCUT2D eigenvalue weighted by Gasteiger charge is -2.22. The molecule has 0 saturated heterocycles. The first-order valence-electron chi connectivity index (χ1n) is 9.56. The molecule has 1 heterocycles. The number of hydrogen-bond acceptors (Lipinski definition) is 4. The quantitative estimate of drug-likeness (QED) is 0.577. The van der Waals surface area contributed by atoms with Crippen LogP contribution in [0, 0.1) is 6.92 Å². The number of thiazole rings is 1. The summed E-state index contributed by atoms with van der Waals surface area (Å²) in [6, 6.07) is 16.7. The van der Waals surface area contributed by atoms with Crippen molar-refractivity contribution in [2.45, 2.75) is 38.8 Å². The zero-order valence-corrected chi connectivity index (χ0v) is 17.0. The summed E-state index contributed by atoms with van der Waals surface area (Å²) in [6.07, 6.45) is 2.54. The third kappa shape index (κ3) is 4.42. The van der Waals surface area contributed by atoms with Crippen LogP contribution in [0.2, 0.25) is 0 Å². The summed E-state index contributed by atoms with van der Waals surface area (Å²) in [5, 5.41) is 2.97. The number of nitrogens with zero attached hydrogens (tertiary/aromatic N) is 2. The molecule has 1 saturated carbocycles. The molecular formula is C23H24N2O2S. The first kappa shape index (κ1) is 18.7. The Hall–Kier alpha value is -2.66. The van der Waals surface area contributed by atoms with Gasteiger partial charge in [0, 0.05) is 23.5 Å². The van der Waals surface area contributed by atoms with Gasteiger partial charge in [-0.3, -0.25) is 4.79 Å². The molecule has 144 valence electrons. The molecule has 2 aromatic carbocycles. The van der Waals surface area contributed by atoms with E-state index in [0.717, 1.165) is 40.4 Å². The van der Waals surface area contributed by atoms with Crippen LogP contribution in [0.4, 0.5) is 0 Å². The van der Waals surface area contributed by atoms with Crippen LogP contribution >= 0.6 is 11.3 Å². The minimum Gasteiger partial charge on any atom is -0.497 e. The van der Waals surface area contributed by atoms with Crippen molar-refractivity contribution in [1.82, 2.24) is 9.88 Å². The van der Waals surface area contributed by atoms with Crippen LogP contribution < -0.4 is 4.74 Å². The molecule has 3 aromatic rings. The number of amides is 1. The Labute approximate surface area is 169 Å². The van der Waals surface area contributed by atoms with E-state index in [1.54, 1.807) is 18.4 Å². The lowest BCUT2D eigenvalue weighted by molar-refractivity contribution is -0.131. The molecule has 0 atom stereocenters. The smallest absolute Gasteiger partial charge is 0.229 e. The molecule has 0 unspecified atom stereocenters. The fourth-order valence-electron chi connectivity index (χ4n) is 3.21. The van der Waals surface area contributed by atoms with Crippen LogP contribution in [0.3, 0.4) is 0 Å². The number of aromatic nitrogens is 1. The van der Waals surface area contributed by atoms with Gasteiger partial charge in [0.15, 0.2) is 0 Å². The van der Waals surface area contributed by atoms with Gasteiger partial charge in [0.25, 0.3) is 0 Å². The van der Waals surface area contributed by atoms with Crippen molar-refractivity contribution in [2.75, 3.05) is 7.11 Å². The van der Waals surface area contributed by atoms with Crippen molar-refractivity contribution in [3.63, 3.8) is 0 Å². The van der Waals surface area contributed by atoms with Crippen molar-refractivity contribution >= 4 is 17.2 Å². The third-order valence-corrected chi connectivity index (χ3v) is 5.94. The van der Waals surface area contributed by atoms with Crippen LogP contribution in [0.5, 0.6) is 5.75 Å². The first-order valence-corrected chi connectivity index (χ1v) is 10.4. The highest BCUT2D eigenvalue weighted by Crippen LogP contribution is 2.30. The zero-order chi connectivity index (χ0) is 19.5. The minimum absolute atomic E-state index is 0.152. The van der Waals surface area contributed by atoms with E-state index in [9.17, 15) is 4.79 Å². The number of ether oxygens (including phenoxy) is 1. The molecule has 1 aliphatic rings. The molecule has 1 fully saturated rings. The van der Waals surface area contributed by atoms with Crippen molar-refractivity contribution < 1.29 is 9.53 Å². The molecule has 4 rings (SSSR count). The average molecular weight is 393 g/mol. The fourth-order valence-corrected chi connectivity index (χ4v) is 4.03. The molecular weight excluding hydrogens is 368 g/mol. The summed E-state index contributed by atoms with van der Waals surface area (Å²) in [5.74, 6) is 0.984. The number of aryl methyl sites for hydroxylation is 1. The van der Waals surface area contributed by atoms with Crippen LogP contribution in [0.1, 0.15) is 29.7 Å². The minimum atomic E-state index is 0.152. The molecule has 0 radical (unpaired) electrons. The Bertz CT molecular complexity index is 943. The second kappa shape index (κ2) is 8.15. The lowest BCUT2D eigenvalue weighted by atomic mass is 10.1. The number of carbonyl (C=O) groups excluding carboxylic acids is 1. The fraction of sp³-hybridized carbons (Fsp3) is 0.304. The van der Waals surface area contributed by atoms with E-state index in [0.29, 0.717) is 19.0 Å². The maximum Gasteiger partial charge on any atom is 0.229 e. The highest BCUT2D eigenvalue weighted by Gasteiger charge is 2.32. The van der Waals surface area contributed by atoms with Crippen LogP contribution in [-0.2, 0) is 17.8 Å². The molecule has 4 nitrogen and oxygen atoms in total. The van der Waals surface area contributed by atoms with E-state index in [1.165, 1.54) is 5.56 Å². The molecule has 0 spiro atoms. The molecule has 0 N–H and O–H groups in total. The van der Waals surface area contributed by atoms with E-state index < -0.39 is 0 Å². The van der Waals surface area contributed by atoms with Gasteiger partial charge in [0.05, 0.1) is 19.2 Å². The van der Waals surface area contributed by atoms with Crippen molar-refractivity contribution in [3.8, 4) is 16.3 Å². The van der Waals surface area contributed by atoms with Crippen molar-refractivity contribution in [3.05, 3.63) is 70.7 Å². The normalized spacial score (nSPS) is 13.4. The number of methoxy groups -OCH3 is 1. The van der Waals surface area contributed by atoms with Gasteiger partial charge in [-0.05, 0) is 37.5 Å². The van der Waals surface area contributed by atoms with Gasteiger partial charge in [-0.2, -0.15) is 0 Å². The number of rotatable bonds is 7. The maximum absolute atomic E-state index is 13.0. The van der Waals surface area contributed by atoms with Crippen LogP contribution in [0.25, 0.3) is 10.6 Å². The predicted molar refractivity (Wildman–Crippen MR) is 113 cm³/mol. The SMILES string of the molecule is COc1ccc(CN(C(=O)Cc2csc(-c3ccc(C)cc3)n2)C2CC2)cc1. The Morgan fingerprint density at radius 2 is 1.86 bits per heavy atom. The first-order chi connectivity index (χ1) is 13.6. The highest BCUT2D eigenvalue weighted by molar-refractivity contribution is 7.13. The zero-order valence-electron chi connectivity index (χ0n) is 16.2. The summed E-state index contributed by atoms with van der Waals surface area (Å²) in [5.41, 5.74) is 4.31. The van der Waals surface area contributed by atoms with Gasteiger partial charge < -0.3 is 9.64 Å². The lowest BCUT2D eigenvalue weighted by Crippen LogP contribution is -2.33. The molecule has 28 heavy (non-hydrogen) atoms. The number of benzene rings is 2. The van der Waals surface area contributed by atoms with Crippen LogP contribution in [0.15, 0.2) is 53.9 Å². The predicted octanol–water partition coefficient (Wildman–Crippen LogP) is 4.86. The molecule has 5 heteroatoms. The van der Waals surface area contributed by atoms with E-state index in [2.05, 4.69) is 31.2 Å². The second-order valence-electron chi connectivity index (χ2n) is 7.29. The van der Waals surface area contributed by atoms with Gasteiger partial charge in [-0.15, -0.1) is 11.3 Å². The topological polar surface area (TPSA) is 42.4 Å². The van der Waals surface area contributed by atoms with E-state index >= 15 is 0 Å². The summed E-state index contributed by atoms with van der Waals surface area (Å²) in [6.45, 7) is 2.72. The Balaban J connectivity index is 1.44. The number of carbonyl (C=O) groups is 1.